The number of anilines is 1. The van der Waals surface area contributed by atoms with Crippen LogP contribution in [0.3, 0.4) is 0 Å². The Labute approximate surface area is 141 Å². The first kappa shape index (κ1) is 13.6. The number of carbonyl (C=O) groups excluding carboxylic acids is 1. The summed E-state index contributed by atoms with van der Waals surface area (Å²) in [4.78, 5) is 15.0. The molecule has 3 aromatic carbocycles. The largest absolute Gasteiger partial charge is 0.301 e. The molecular weight excluding hydrogens is 294 g/mol. The number of nitrogens with zero attached hydrogens (tertiary/aromatic N) is 1. The summed E-state index contributed by atoms with van der Waals surface area (Å²) >= 11 is 0. The Morgan fingerprint density at radius 2 is 1.42 bits per heavy atom. The molecule has 0 N–H and O–H groups in total. The summed E-state index contributed by atoms with van der Waals surface area (Å²) in [7, 11) is 0. The monoisotopic (exact) mass is 311 g/mol. The van der Waals surface area contributed by atoms with Gasteiger partial charge in [-0.1, -0.05) is 66.7 Å². The molecule has 0 bridgehead atoms. The van der Waals surface area contributed by atoms with Gasteiger partial charge in [0.25, 0.3) is 5.91 Å². The van der Waals surface area contributed by atoms with Crippen LogP contribution in [0.2, 0.25) is 0 Å². The second kappa shape index (κ2) is 5.07. The van der Waals surface area contributed by atoms with E-state index in [4.69, 9.17) is 0 Å². The zero-order valence-corrected chi connectivity index (χ0v) is 13.2. The summed E-state index contributed by atoms with van der Waals surface area (Å²) in [6.07, 6.45) is 0.934. The first-order valence-electron chi connectivity index (χ1n) is 8.41. The number of fused-ring (bicyclic) bond motifs is 5. The Bertz CT molecular complexity index is 931. The van der Waals surface area contributed by atoms with Crippen molar-refractivity contribution >= 4 is 11.6 Å². The molecule has 3 aromatic rings. The molecule has 24 heavy (non-hydrogen) atoms. The lowest BCUT2D eigenvalue weighted by Gasteiger charge is -2.37. The molecule has 2 nitrogen and oxygen atoms in total. The van der Waals surface area contributed by atoms with Crippen LogP contribution in [0, 0.1) is 0 Å². The van der Waals surface area contributed by atoms with Crippen molar-refractivity contribution < 1.29 is 4.79 Å². The van der Waals surface area contributed by atoms with Gasteiger partial charge in [-0.05, 0) is 35.2 Å². The summed E-state index contributed by atoms with van der Waals surface area (Å²) in [6, 6.07) is 27.2. The minimum Gasteiger partial charge on any atom is -0.301 e. The van der Waals surface area contributed by atoms with Crippen molar-refractivity contribution in [3.63, 3.8) is 0 Å². The summed E-state index contributed by atoms with van der Waals surface area (Å²) < 4.78 is 0. The quantitative estimate of drug-likeness (QED) is 0.624. The van der Waals surface area contributed by atoms with Gasteiger partial charge in [-0.15, -0.1) is 0 Å². The second-order valence-electron chi connectivity index (χ2n) is 6.54. The minimum atomic E-state index is 0.133. The third-order valence-corrected chi connectivity index (χ3v) is 5.31. The maximum absolute atomic E-state index is 13.0. The molecule has 116 valence electrons. The van der Waals surface area contributed by atoms with Crippen LogP contribution in [-0.4, -0.2) is 5.91 Å². The van der Waals surface area contributed by atoms with Gasteiger partial charge in [0.2, 0.25) is 0 Å². The van der Waals surface area contributed by atoms with E-state index in [0.29, 0.717) is 5.92 Å². The van der Waals surface area contributed by atoms with Gasteiger partial charge in [-0.3, -0.25) is 4.79 Å². The van der Waals surface area contributed by atoms with Gasteiger partial charge < -0.3 is 4.90 Å². The lowest BCUT2D eigenvalue weighted by atomic mass is 9.80. The molecule has 5 rings (SSSR count). The summed E-state index contributed by atoms with van der Waals surface area (Å²) in [5.74, 6) is 0.456. The van der Waals surface area contributed by atoms with Crippen LogP contribution in [0.5, 0.6) is 0 Å². The molecule has 0 aliphatic carbocycles. The number of hydrogen-bond acceptors (Lipinski definition) is 1. The lowest BCUT2D eigenvalue weighted by molar-refractivity contribution is 0.0988. The van der Waals surface area contributed by atoms with E-state index in [-0.39, 0.29) is 11.9 Å². The summed E-state index contributed by atoms with van der Waals surface area (Å²) in [6.45, 7) is 0. The van der Waals surface area contributed by atoms with E-state index in [0.717, 1.165) is 23.2 Å². The van der Waals surface area contributed by atoms with Gasteiger partial charge in [0, 0.05) is 17.2 Å². The Balaban J connectivity index is 1.72. The number of hydrogen-bond donors (Lipinski definition) is 0. The molecule has 2 heteroatoms. The highest BCUT2D eigenvalue weighted by molar-refractivity contribution is 6.11. The molecule has 2 aliphatic rings. The molecule has 1 amide bonds. The number of carbonyl (C=O) groups is 1. The van der Waals surface area contributed by atoms with E-state index in [1.807, 2.05) is 29.2 Å². The van der Waals surface area contributed by atoms with Crippen LogP contribution in [-0.2, 0) is 0 Å². The van der Waals surface area contributed by atoms with Crippen LogP contribution >= 0.6 is 0 Å². The highest BCUT2D eigenvalue weighted by atomic mass is 16.2. The maximum Gasteiger partial charge on any atom is 0.259 e. The highest BCUT2D eigenvalue weighted by Gasteiger charge is 2.43. The van der Waals surface area contributed by atoms with Crippen molar-refractivity contribution in [1.82, 2.24) is 0 Å². The normalized spacial score (nSPS) is 21.2. The fraction of sp³-hybridized carbons (Fsp3) is 0.136. The van der Waals surface area contributed by atoms with Crippen molar-refractivity contribution in [3.05, 3.63) is 101 Å². The molecule has 2 atom stereocenters. The maximum atomic E-state index is 13.0. The molecule has 2 heterocycles. The Morgan fingerprint density at radius 1 is 0.750 bits per heavy atom. The minimum absolute atomic E-state index is 0.133. The van der Waals surface area contributed by atoms with Gasteiger partial charge in [0.05, 0.1) is 6.04 Å². The highest BCUT2D eigenvalue weighted by Crippen LogP contribution is 2.51. The van der Waals surface area contributed by atoms with Crippen LogP contribution in [0.25, 0.3) is 0 Å². The van der Waals surface area contributed by atoms with Crippen LogP contribution in [0.1, 0.15) is 45.4 Å². The predicted octanol–water partition coefficient (Wildman–Crippen LogP) is 4.92. The SMILES string of the molecule is O=C1c2ccccc2[C@H]2C[C@@H](c3ccccc3)c3ccccc3N12. The second-order valence-corrected chi connectivity index (χ2v) is 6.54. The van der Waals surface area contributed by atoms with Crippen molar-refractivity contribution in [2.75, 3.05) is 4.90 Å². The van der Waals surface area contributed by atoms with E-state index in [1.165, 1.54) is 11.1 Å². The Morgan fingerprint density at radius 3 is 2.25 bits per heavy atom. The van der Waals surface area contributed by atoms with Gasteiger partial charge >= 0.3 is 0 Å². The summed E-state index contributed by atoms with van der Waals surface area (Å²) in [5, 5.41) is 0. The van der Waals surface area contributed by atoms with Gasteiger partial charge in [-0.25, -0.2) is 0 Å². The fourth-order valence-electron chi connectivity index (χ4n) is 4.26. The van der Waals surface area contributed by atoms with E-state index in [2.05, 4.69) is 54.6 Å². The van der Waals surface area contributed by atoms with Crippen LogP contribution < -0.4 is 4.90 Å². The van der Waals surface area contributed by atoms with Gasteiger partial charge in [-0.2, -0.15) is 0 Å². The van der Waals surface area contributed by atoms with Crippen molar-refractivity contribution in [3.8, 4) is 0 Å². The number of para-hydroxylation sites is 1. The van der Waals surface area contributed by atoms with Crippen molar-refractivity contribution in [1.29, 1.82) is 0 Å². The smallest absolute Gasteiger partial charge is 0.259 e. The zero-order chi connectivity index (χ0) is 16.1. The molecule has 2 aliphatic heterocycles. The molecule has 0 fully saturated rings. The fourth-order valence-corrected chi connectivity index (χ4v) is 4.26. The Kier molecular flexibility index (Phi) is 2.86. The number of rotatable bonds is 1. The third kappa shape index (κ3) is 1.80. The predicted molar refractivity (Wildman–Crippen MR) is 95.3 cm³/mol. The average molecular weight is 311 g/mol. The molecule has 0 saturated carbocycles. The van der Waals surface area contributed by atoms with E-state index in [9.17, 15) is 4.79 Å². The van der Waals surface area contributed by atoms with Crippen molar-refractivity contribution in [2.45, 2.75) is 18.4 Å². The average Bonchev–Trinajstić information content (AvgIpc) is 2.95. The zero-order valence-electron chi connectivity index (χ0n) is 13.2. The third-order valence-electron chi connectivity index (χ3n) is 5.31. The summed E-state index contributed by atoms with van der Waals surface area (Å²) in [5.41, 5.74) is 5.65. The van der Waals surface area contributed by atoms with E-state index >= 15 is 0 Å². The molecule has 0 spiro atoms. The van der Waals surface area contributed by atoms with Crippen LogP contribution in [0.4, 0.5) is 5.69 Å². The van der Waals surface area contributed by atoms with E-state index < -0.39 is 0 Å². The standard InChI is InChI=1S/C22H17NO/c24-22-18-12-5-4-10-16(18)21-14-19(15-8-2-1-3-9-15)17-11-6-7-13-20(17)23(21)22/h1-13,19,21H,14H2/t19-,21+/m0/s1. The van der Waals surface area contributed by atoms with Gasteiger partial charge in [0.15, 0.2) is 0 Å². The number of amides is 1. The molecule has 0 radical (unpaired) electrons. The Hall–Kier alpha value is -2.87. The molecule has 0 saturated heterocycles. The number of benzene rings is 3. The van der Waals surface area contributed by atoms with Crippen LogP contribution in [0.15, 0.2) is 78.9 Å². The van der Waals surface area contributed by atoms with E-state index in [1.54, 1.807) is 0 Å². The van der Waals surface area contributed by atoms with Gasteiger partial charge in [0.1, 0.15) is 0 Å². The topological polar surface area (TPSA) is 20.3 Å². The lowest BCUT2D eigenvalue weighted by Crippen LogP contribution is -2.33. The first-order valence-corrected chi connectivity index (χ1v) is 8.41. The molecular formula is C22H17NO. The first-order chi connectivity index (χ1) is 11.8. The molecule has 0 aromatic heterocycles. The van der Waals surface area contributed by atoms with Crippen molar-refractivity contribution in [2.24, 2.45) is 0 Å². The molecule has 0 unspecified atom stereocenters.